The summed E-state index contributed by atoms with van der Waals surface area (Å²) in [4.78, 5) is 39.8. The van der Waals surface area contributed by atoms with Crippen molar-refractivity contribution in [3.05, 3.63) is 64.4 Å². The molecule has 1 N–H and O–H groups in total. The highest BCUT2D eigenvalue weighted by atomic mass is 35.5. The molecule has 0 aromatic heterocycles. The molecule has 10 heteroatoms. The third-order valence-corrected chi connectivity index (χ3v) is 10.2. The first-order valence-corrected chi connectivity index (χ1v) is 16.2. The Bertz CT molecular complexity index is 1220. The number of carbonyl (C=O) groups is 3. The minimum Gasteiger partial charge on any atom is -0.494 e. The van der Waals surface area contributed by atoms with Crippen LogP contribution < -0.4 is 10.1 Å². The molecule has 0 spiro atoms. The monoisotopic (exact) mass is 617 g/mol. The van der Waals surface area contributed by atoms with Crippen LogP contribution in [0.15, 0.2) is 42.5 Å². The molecule has 2 amide bonds. The van der Waals surface area contributed by atoms with Gasteiger partial charge in [0.15, 0.2) is 11.6 Å². The Morgan fingerprint density at radius 2 is 1.76 bits per heavy atom. The number of carbonyl (C=O) groups excluding carboxylic acids is 3. The summed E-state index contributed by atoms with van der Waals surface area (Å²) in [6.45, 7) is 5.70. The van der Waals surface area contributed by atoms with Gasteiger partial charge in [-0.25, -0.2) is 4.39 Å². The van der Waals surface area contributed by atoms with Crippen LogP contribution in [0.5, 0.6) is 5.75 Å². The molecule has 2 aromatic carbocycles. The number of piperazine rings is 1. The minimum atomic E-state index is -0.517. The molecule has 3 fully saturated rings. The minimum absolute atomic E-state index is 0.0470. The van der Waals surface area contributed by atoms with Gasteiger partial charge in [-0.1, -0.05) is 43.0 Å². The Morgan fingerprint density at radius 3 is 2.36 bits per heavy atom. The summed E-state index contributed by atoms with van der Waals surface area (Å²) >= 11 is 7.94. The Morgan fingerprint density at radius 1 is 1.07 bits per heavy atom. The number of methoxy groups -OCH3 is 1. The van der Waals surface area contributed by atoms with Gasteiger partial charge < -0.3 is 15.0 Å². The third kappa shape index (κ3) is 8.05. The predicted molar refractivity (Wildman–Crippen MR) is 166 cm³/mol. The molecule has 2 aliphatic heterocycles. The first-order chi connectivity index (χ1) is 20.3. The van der Waals surface area contributed by atoms with Gasteiger partial charge in [-0.15, -0.1) is 0 Å². The van der Waals surface area contributed by atoms with Crippen molar-refractivity contribution in [2.45, 2.75) is 50.5 Å². The molecule has 42 heavy (non-hydrogen) atoms. The van der Waals surface area contributed by atoms with Gasteiger partial charge in [0.05, 0.1) is 13.0 Å². The summed E-state index contributed by atoms with van der Waals surface area (Å²) in [5.74, 6) is 2.22. The molecule has 0 unspecified atom stereocenters. The number of nitrogens with one attached hydrogen (secondary N) is 1. The molecule has 0 radical (unpaired) electrons. The molecule has 2 aromatic rings. The maximum atomic E-state index is 13.4. The molecule has 0 bridgehead atoms. The highest BCUT2D eigenvalue weighted by Crippen LogP contribution is 2.40. The Labute approximate surface area is 257 Å². The molecule has 1 saturated carbocycles. The zero-order chi connectivity index (χ0) is 30.1. The van der Waals surface area contributed by atoms with E-state index in [1.165, 1.54) is 44.1 Å². The lowest BCUT2D eigenvalue weighted by atomic mass is 9.79. The molecule has 5 rings (SSSR count). The predicted octanol–water partition coefficient (Wildman–Crippen LogP) is 5.42. The van der Waals surface area contributed by atoms with Crippen molar-refractivity contribution in [1.82, 2.24) is 15.1 Å². The fraction of sp³-hybridized carbons (Fsp3) is 0.531. The number of rotatable bonds is 7. The number of aldehydes is 1. The van der Waals surface area contributed by atoms with Crippen LogP contribution in [-0.2, 0) is 9.59 Å². The fourth-order valence-corrected chi connectivity index (χ4v) is 7.90. The van der Waals surface area contributed by atoms with Crippen molar-refractivity contribution < 1.29 is 23.5 Å². The average Bonchev–Trinajstić information content (AvgIpc) is 3.51. The number of halogens is 2. The van der Waals surface area contributed by atoms with E-state index in [1.807, 2.05) is 23.9 Å². The van der Waals surface area contributed by atoms with E-state index in [0.717, 1.165) is 68.2 Å². The van der Waals surface area contributed by atoms with Crippen LogP contribution in [-0.4, -0.2) is 84.8 Å². The van der Waals surface area contributed by atoms with Gasteiger partial charge in [0.1, 0.15) is 6.29 Å². The van der Waals surface area contributed by atoms with E-state index < -0.39 is 5.82 Å². The van der Waals surface area contributed by atoms with E-state index in [-0.39, 0.29) is 29.0 Å². The molecule has 2 atom stereocenters. The second-order valence-corrected chi connectivity index (χ2v) is 12.8. The first kappa shape index (κ1) is 32.3. The summed E-state index contributed by atoms with van der Waals surface area (Å²) in [6.07, 6.45) is 6.59. The van der Waals surface area contributed by atoms with Crippen LogP contribution in [0, 0.1) is 11.7 Å². The zero-order valence-electron chi connectivity index (χ0n) is 24.5. The summed E-state index contributed by atoms with van der Waals surface area (Å²) in [5.41, 5.74) is 1.60. The second-order valence-electron chi connectivity index (χ2n) is 11.3. The SMILES string of the molecule is CC(=O)NCC1(N2CCN(C(=O)[C@@H]3CSC[C@H]3c3ccc(Cl)cc3)CC2)CCCCC1.COc1ccc(C=O)cc1F. The molecule has 3 aliphatic rings. The number of hydrogen-bond donors (Lipinski definition) is 1. The van der Waals surface area contributed by atoms with Crippen LogP contribution in [0.1, 0.15) is 60.9 Å². The van der Waals surface area contributed by atoms with E-state index in [1.54, 1.807) is 6.92 Å². The lowest BCUT2D eigenvalue weighted by Crippen LogP contribution is -2.62. The second kappa shape index (κ2) is 15.2. The smallest absolute Gasteiger partial charge is 0.227 e. The van der Waals surface area contributed by atoms with Gasteiger partial charge in [0.25, 0.3) is 0 Å². The van der Waals surface area contributed by atoms with E-state index in [0.29, 0.717) is 17.8 Å². The van der Waals surface area contributed by atoms with Crippen LogP contribution in [0.25, 0.3) is 0 Å². The molecular formula is C32H41ClFN3O4S. The summed E-state index contributed by atoms with van der Waals surface area (Å²) in [5, 5.41) is 3.83. The Balaban J connectivity index is 0.000000310. The lowest BCUT2D eigenvalue weighted by Gasteiger charge is -2.50. The quantitative estimate of drug-likeness (QED) is 0.418. The number of hydrogen-bond acceptors (Lipinski definition) is 6. The van der Waals surface area contributed by atoms with Gasteiger partial charge in [-0.3, -0.25) is 19.3 Å². The summed E-state index contributed by atoms with van der Waals surface area (Å²) in [6, 6.07) is 12.1. The van der Waals surface area contributed by atoms with Crippen molar-refractivity contribution in [3.63, 3.8) is 0 Å². The summed E-state index contributed by atoms with van der Waals surface area (Å²) in [7, 11) is 1.37. The molecule has 2 heterocycles. The largest absolute Gasteiger partial charge is 0.494 e. The van der Waals surface area contributed by atoms with Gasteiger partial charge in [0, 0.05) is 73.2 Å². The molecule has 1 aliphatic carbocycles. The van der Waals surface area contributed by atoms with E-state index in [4.69, 9.17) is 11.6 Å². The van der Waals surface area contributed by atoms with Gasteiger partial charge in [-0.05, 0) is 48.7 Å². The number of nitrogens with zero attached hydrogens (tertiary/aromatic N) is 2. The first-order valence-electron chi connectivity index (χ1n) is 14.7. The number of ether oxygens (including phenoxy) is 1. The van der Waals surface area contributed by atoms with E-state index in [9.17, 15) is 18.8 Å². The number of amides is 2. The van der Waals surface area contributed by atoms with Crippen molar-refractivity contribution in [2.24, 2.45) is 5.92 Å². The molecule has 228 valence electrons. The molecule has 2 saturated heterocycles. The van der Waals surface area contributed by atoms with Crippen LogP contribution in [0.3, 0.4) is 0 Å². The zero-order valence-corrected chi connectivity index (χ0v) is 26.0. The average molecular weight is 618 g/mol. The highest BCUT2D eigenvalue weighted by molar-refractivity contribution is 7.99. The fourth-order valence-electron chi connectivity index (χ4n) is 6.33. The Kier molecular flexibility index (Phi) is 11.7. The maximum Gasteiger partial charge on any atom is 0.227 e. The van der Waals surface area contributed by atoms with E-state index >= 15 is 0 Å². The van der Waals surface area contributed by atoms with Crippen molar-refractivity contribution in [3.8, 4) is 5.75 Å². The Hall–Kier alpha value is -2.62. The maximum absolute atomic E-state index is 13.4. The molecular weight excluding hydrogens is 577 g/mol. The highest BCUT2D eigenvalue weighted by Gasteiger charge is 2.42. The van der Waals surface area contributed by atoms with Crippen LogP contribution in [0.4, 0.5) is 4.39 Å². The van der Waals surface area contributed by atoms with Crippen LogP contribution in [0.2, 0.25) is 5.02 Å². The van der Waals surface area contributed by atoms with Crippen molar-refractivity contribution >= 4 is 41.5 Å². The van der Waals surface area contributed by atoms with E-state index in [2.05, 4.69) is 32.0 Å². The third-order valence-electron chi connectivity index (χ3n) is 8.72. The normalized spacial score (nSPS) is 22.0. The van der Waals surface area contributed by atoms with Gasteiger partial charge in [0.2, 0.25) is 11.8 Å². The number of thioether (sulfide) groups is 1. The van der Waals surface area contributed by atoms with Crippen molar-refractivity contribution in [2.75, 3.05) is 51.3 Å². The van der Waals surface area contributed by atoms with Crippen molar-refractivity contribution in [1.29, 1.82) is 0 Å². The molecule has 7 nitrogen and oxygen atoms in total. The van der Waals surface area contributed by atoms with Gasteiger partial charge >= 0.3 is 0 Å². The lowest BCUT2D eigenvalue weighted by molar-refractivity contribution is -0.138. The standard InChI is InChI=1S/C24H34ClN3O2S.C8H7FO2/c1-18(29)26-17-24(9-3-2-4-10-24)28-13-11-27(12-14-28)23(30)22-16-31-15-21(22)19-5-7-20(25)8-6-19;1-11-8-3-2-6(5-10)4-7(8)9/h5-8,21-22H,2-4,9-17H2,1H3,(H,26,29);2-5H,1H3/t21-,22+;/m0./s1. The van der Waals surface area contributed by atoms with Crippen LogP contribution >= 0.6 is 23.4 Å². The topological polar surface area (TPSA) is 79.0 Å². The summed E-state index contributed by atoms with van der Waals surface area (Å²) < 4.78 is 17.4. The van der Waals surface area contributed by atoms with Gasteiger partial charge in [-0.2, -0.15) is 11.8 Å². The number of benzene rings is 2.